The summed E-state index contributed by atoms with van der Waals surface area (Å²) >= 11 is 3.89. The Morgan fingerprint density at radius 3 is 2.57 bits per heavy atom. The minimum Gasteiger partial charge on any atom is -0.465 e. The van der Waals surface area contributed by atoms with Crippen LogP contribution < -0.4 is 9.84 Å². The lowest BCUT2D eigenvalue weighted by Crippen LogP contribution is -2.41. The zero-order valence-electron chi connectivity index (χ0n) is 11.7. The van der Waals surface area contributed by atoms with Gasteiger partial charge in [-0.2, -0.15) is 13.2 Å². The van der Waals surface area contributed by atoms with Gasteiger partial charge >= 0.3 is 12.3 Å². The van der Waals surface area contributed by atoms with Gasteiger partial charge in [0, 0.05) is 13.1 Å². The van der Waals surface area contributed by atoms with Gasteiger partial charge in [-0.05, 0) is 31.4 Å². The standard InChI is InChI=1S/C13H14F3N3O3S/c14-13(15,16)9-3-1-2-4-10(9)19(23)17-11(20)8-5-6-18(7-8)12(21)22/h1-4,8,23H,5-7H2,(H,17,20)(H,21,22)/t8-/m0/s1. The number of anilines is 1. The number of rotatable bonds is 3. The quantitative estimate of drug-likeness (QED) is 0.579. The van der Waals surface area contributed by atoms with Crippen molar-refractivity contribution >= 4 is 30.5 Å². The zero-order valence-corrected chi connectivity index (χ0v) is 12.6. The number of para-hydroxylation sites is 1. The number of nitrogens with one attached hydrogen (secondary N) is 1. The van der Waals surface area contributed by atoms with Crippen molar-refractivity contribution in [3.63, 3.8) is 0 Å². The lowest BCUT2D eigenvalue weighted by molar-refractivity contribution is -0.137. The average molecular weight is 349 g/mol. The molecule has 1 saturated heterocycles. The van der Waals surface area contributed by atoms with Crippen LogP contribution in [0.15, 0.2) is 24.3 Å². The number of benzene rings is 1. The van der Waals surface area contributed by atoms with Gasteiger partial charge in [0.05, 0.1) is 17.2 Å². The maximum absolute atomic E-state index is 12.9. The van der Waals surface area contributed by atoms with Gasteiger partial charge in [0.1, 0.15) is 0 Å². The Labute approximate surface area is 135 Å². The van der Waals surface area contributed by atoms with E-state index >= 15 is 0 Å². The first-order chi connectivity index (χ1) is 10.7. The number of thiol groups is 1. The van der Waals surface area contributed by atoms with Gasteiger partial charge in [-0.25, -0.2) is 9.21 Å². The van der Waals surface area contributed by atoms with Gasteiger partial charge in [0.2, 0.25) is 5.91 Å². The molecule has 1 atom stereocenters. The number of halogens is 3. The molecule has 0 aliphatic carbocycles. The Kier molecular flexibility index (Phi) is 4.93. The zero-order chi connectivity index (χ0) is 17.2. The third-order valence-corrected chi connectivity index (χ3v) is 3.80. The Morgan fingerprint density at radius 2 is 2.00 bits per heavy atom. The first-order valence-corrected chi connectivity index (χ1v) is 7.03. The lowest BCUT2D eigenvalue weighted by Gasteiger charge is -2.23. The smallest absolute Gasteiger partial charge is 0.418 e. The van der Waals surface area contributed by atoms with E-state index in [0.717, 1.165) is 11.0 Å². The van der Waals surface area contributed by atoms with Crippen molar-refractivity contribution < 1.29 is 27.9 Å². The van der Waals surface area contributed by atoms with E-state index < -0.39 is 29.7 Å². The summed E-state index contributed by atoms with van der Waals surface area (Å²) in [7, 11) is 0. The molecule has 1 aliphatic rings. The molecule has 10 heteroatoms. The molecule has 23 heavy (non-hydrogen) atoms. The maximum Gasteiger partial charge on any atom is 0.418 e. The van der Waals surface area contributed by atoms with E-state index in [1.807, 2.05) is 0 Å². The van der Waals surface area contributed by atoms with Gasteiger partial charge in [-0.15, -0.1) is 0 Å². The number of carbonyl (C=O) groups excluding carboxylic acids is 1. The molecule has 2 N–H and O–H groups in total. The van der Waals surface area contributed by atoms with E-state index in [0.29, 0.717) is 10.8 Å². The van der Waals surface area contributed by atoms with Crippen LogP contribution in [0, 0.1) is 5.92 Å². The molecule has 1 fully saturated rings. The highest BCUT2D eigenvalue weighted by molar-refractivity contribution is 7.81. The molecule has 2 rings (SSSR count). The normalized spacial score (nSPS) is 17.9. The average Bonchev–Trinajstić information content (AvgIpc) is 2.96. The monoisotopic (exact) mass is 349 g/mol. The van der Waals surface area contributed by atoms with E-state index in [2.05, 4.69) is 18.2 Å². The van der Waals surface area contributed by atoms with Crippen LogP contribution in [0.2, 0.25) is 0 Å². The fraction of sp³-hybridized carbons (Fsp3) is 0.385. The first-order valence-electron chi connectivity index (χ1n) is 6.63. The predicted molar refractivity (Wildman–Crippen MR) is 78.8 cm³/mol. The number of alkyl halides is 3. The second kappa shape index (κ2) is 6.57. The highest BCUT2D eigenvalue weighted by atomic mass is 32.1. The van der Waals surface area contributed by atoms with Crippen molar-refractivity contribution in [3.05, 3.63) is 29.8 Å². The van der Waals surface area contributed by atoms with Crippen LogP contribution in [0.4, 0.5) is 23.7 Å². The number of carbonyl (C=O) groups is 2. The number of carboxylic acid groups (broad SMARTS) is 1. The summed E-state index contributed by atoms with van der Waals surface area (Å²) < 4.78 is 39.5. The molecule has 0 aromatic heterocycles. The number of hydrazine groups is 1. The van der Waals surface area contributed by atoms with Gasteiger partial charge < -0.3 is 10.0 Å². The highest BCUT2D eigenvalue weighted by Crippen LogP contribution is 2.36. The van der Waals surface area contributed by atoms with Crippen LogP contribution in [0.5, 0.6) is 0 Å². The predicted octanol–water partition coefficient (Wildman–Crippen LogP) is 2.39. The van der Waals surface area contributed by atoms with Crippen LogP contribution in [0.25, 0.3) is 0 Å². The molecule has 6 nitrogen and oxygen atoms in total. The van der Waals surface area contributed by atoms with Crippen molar-refractivity contribution in [1.82, 2.24) is 10.3 Å². The van der Waals surface area contributed by atoms with Crippen molar-refractivity contribution in [1.29, 1.82) is 0 Å². The number of hydrogen-bond acceptors (Lipinski definition) is 4. The van der Waals surface area contributed by atoms with Crippen LogP contribution in [0.3, 0.4) is 0 Å². The van der Waals surface area contributed by atoms with E-state index in [-0.39, 0.29) is 18.8 Å². The van der Waals surface area contributed by atoms with E-state index in [4.69, 9.17) is 5.11 Å². The lowest BCUT2D eigenvalue weighted by atomic mass is 10.1. The molecule has 0 unspecified atom stereocenters. The molecule has 0 spiro atoms. The van der Waals surface area contributed by atoms with Crippen LogP contribution in [-0.2, 0) is 11.0 Å². The fourth-order valence-corrected chi connectivity index (χ4v) is 2.57. The summed E-state index contributed by atoms with van der Waals surface area (Å²) in [4.78, 5) is 23.9. The SMILES string of the molecule is O=C(NN(S)c1ccccc1C(F)(F)F)[C@H]1CCN(C(=O)O)C1. The summed E-state index contributed by atoms with van der Waals surface area (Å²) in [5.41, 5.74) is 0.998. The van der Waals surface area contributed by atoms with E-state index in [1.54, 1.807) is 0 Å². The molecule has 1 aromatic carbocycles. The summed E-state index contributed by atoms with van der Waals surface area (Å²) in [6, 6.07) is 4.68. The van der Waals surface area contributed by atoms with Crippen molar-refractivity contribution in [2.75, 3.05) is 17.5 Å². The molecular weight excluding hydrogens is 335 g/mol. The Morgan fingerprint density at radius 1 is 1.35 bits per heavy atom. The maximum atomic E-state index is 12.9. The van der Waals surface area contributed by atoms with Gasteiger partial charge in [0.15, 0.2) is 0 Å². The molecule has 0 radical (unpaired) electrons. The number of nitrogens with zero attached hydrogens (tertiary/aromatic N) is 2. The van der Waals surface area contributed by atoms with Gasteiger partial charge in [-0.3, -0.25) is 10.2 Å². The fourth-order valence-electron chi connectivity index (χ4n) is 2.30. The Balaban J connectivity index is 2.07. The topological polar surface area (TPSA) is 72.9 Å². The third-order valence-electron chi connectivity index (χ3n) is 3.48. The van der Waals surface area contributed by atoms with Gasteiger partial charge in [-0.1, -0.05) is 12.1 Å². The molecule has 2 amide bonds. The second-order valence-corrected chi connectivity index (χ2v) is 5.42. The summed E-state index contributed by atoms with van der Waals surface area (Å²) in [6.07, 6.45) is -5.42. The Hall–Kier alpha value is -2.10. The molecule has 1 aliphatic heterocycles. The molecule has 1 heterocycles. The summed E-state index contributed by atoms with van der Waals surface area (Å²) in [6.45, 7) is 0.211. The van der Waals surface area contributed by atoms with Crippen molar-refractivity contribution in [2.45, 2.75) is 12.6 Å². The van der Waals surface area contributed by atoms with Crippen LogP contribution in [0.1, 0.15) is 12.0 Å². The Bertz CT molecular complexity index is 612. The van der Waals surface area contributed by atoms with Gasteiger partial charge in [0.25, 0.3) is 0 Å². The molecule has 0 bridgehead atoms. The largest absolute Gasteiger partial charge is 0.465 e. The highest BCUT2D eigenvalue weighted by Gasteiger charge is 2.36. The minimum atomic E-state index is -4.59. The van der Waals surface area contributed by atoms with Crippen molar-refractivity contribution in [3.8, 4) is 0 Å². The first kappa shape index (κ1) is 17.3. The third kappa shape index (κ3) is 4.01. The summed E-state index contributed by atoms with van der Waals surface area (Å²) in [5.74, 6) is -1.21. The summed E-state index contributed by atoms with van der Waals surface area (Å²) in [5, 5.41) is 8.84. The molecular formula is C13H14F3N3O3S. The number of likely N-dealkylation sites (tertiary alicyclic amines) is 1. The van der Waals surface area contributed by atoms with Crippen LogP contribution >= 0.6 is 12.8 Å². The second-order valence-electron chi connectivity index (χ2n) is 5.02. The number of amides is 2. The molecule has 126 valence electrons. The van der Waals surface area contributed by atoms with E-state index in [9.17, 15) is 22.8 Å². The van der Waals surface area contributed by atoms with E-state index in [1.165, 1.54) is 18.2 Å². The van der Waals surface area contributed by atoms with Crippen LogP contribution in [-0.4, -0.2) is 35.1 Å². The van der Waals surface area contributed by atoms with Crippen molar-refractivity contribution in [2.24, 2.45) is 5.92 Å². The number of hydrogen-bond donors (Lipinski definition) is 3. The minimum absolute atomic E-state index is 0.00367. The molecule has 0 saturated carbocycles. The molecule has 1 aromatic rings.